The van der Waals surface area contributed by atoms with E-state index >= 15 is 0 Å². The first kappa shape index (κ1) is 16.9. The highest BCUT2D eigenvalue weighted by molar-refractivity contribution is 7.89. The summed E-state index contributed by atoms with van der Waals surface area (Å²) in [6, 6.07) is 3.46. The van der Waals surface area contributed by atoms with Gasteiger partial charge < -0.3 is 4.90 Å². The molecular formula is C15H21FN2O3S. The van der Waals surface area contributed by atoms with Crippen LogP contribution in [0, 0.1) is 18.7 Å². The lowest BCUT2D eigenvalue weighted by molar-refractivity contribution is -0.131. The van der Waals surface area contributed by atoms with Crippen LogP contribution in [0.3, 0.4) is 0 Å². The molecule has 0 bridgehead atoms. The molecule has 1 heterocycles. The number of sulfonamides is 1. The zero-order valence-electron chi connectivity index (χ0n) is 12.8. The minimum atomic E-state index is -3.82. The van der Waals surface area contributed by atoms with Gasteiger partial charge in [-0.3, -0.25) is 4.79 Å². The summed E-state index contributed by atoms with van der Waals surface area (Å²) in [5.41, 5.74) is 0.312. The molecule has 1 fully saturated rings. The third kappa shape index (κ3) is 4.04. The molecule has 0 saturated carbocycles. The van der Waals surface area contributed by atoms with Gasteiger partial charge in [-0.05, 0) is 49.4 Å². The van der Waals surface area contributed by atoms with E-state index in [1.165, 1.54) is 13.0 Å². The first-order valence-electron chi connectivity index (χ1n) is 7.33. The molecule has 0 unspecified atom stereocenters. The van der Waals surface area contributed by atoms with E-state index in [0.717, 1.165) is 25.0 Å². The number of piperidine rings is 1. The molecule has 1 aliphatic heterocycles. The average Bonchev–Trinajstić information content (AvgIpc) is 2.45. The average molecular weight is 328 g/mol. The van der Waals surface area contributed by atoms with Crippen LogP contribution in [0.5, 0.6) is 0 Å². The van der Waals surface area contributed by atoms with E-state index in [9.17, 15) is 17.6 Å². The molecule has 2 rings (SSSR count). The van der Waals surface area contributed by atoms with Crippen LogP contribution in [-0.4, -0.2) is 38.9 Å². The maximum atomic E-state index is 13.0. The third-order valence-electron chi connectivity index (χ3n) is 3.98. The van der Waals surface area contributed by atoms with Crippen molar-refractivity contribution < 1.29 is 17.6 Å². The summed E-state index contributed by atoms with van der Waals surface area (Å²) in [6.45, 7) is 4.72. The zero-order valence-corrected chi connectivity index (χ0v) is 13.6. The normalized spacial score (nSPS) is 16.8. The van der Waals surface area contributed by atoms with Gasteiger partial charge >= 0.3 is 0 Å². The molecular weight excluding hydrogens is 307 g/mol. The summed E-state index contributed by atoms with van der Waals surface area (Å²) in [5, 5.41) is 0. The standard InChI is InChI=1S/C15H21FN2O3S/c1-11-5-7-18(8-6-11)15(19)10-17-22(20,21)14-4-3-13(16)9-12(14)2/h3-4,9,11,17H,5-8,10H2,1-2H3. The van der Waals surface area contributed by atoms with Gasteiger partial charge in [0.2, 0.25) is 15.9 Å². The van der Waals surface area contributed by atoms with Crippen LogP contribution in [-0.2, 0) is 14.8 Å². The summed E-state index contributed by atoms with van der Waals surface area (Å²) in [5.74, 6) is -0.118. The molecule has 0 atom stereocenters. The molecule has 5 nitrogen and oxygen atoms in total. The smallest absolute Gasteiger partial charge is 0.241 e. The Morgan fingerprint density at radius 1 is 1.36 bits per heavy atom. The second-order valence-electron chi connectivity index (χ2n) is 5.80. The van der Waals surface area contributed by atoms with Gasteiger partial charge in [-0.25, -0.2) is 17.5 Å². The van der Waals surface area contributed by atoms with E-state index in [1.54, 1.807) is 4.90 Å². The van der Waals surface area contributed by atoms with E-state index in [-0.39, 0.29) is 17.3 Å². The third-order valence-corrected chi connectivity index (χ3v) is 5.54. The van der Waals surface area contributed by atoms with Crippen LogP contribution < -0.4 is 4.72 Å². The lowest BCUT2D eigenvalue weighted by Crippen LogP contribution is -2.43. The van der Waals surface area contributed by atoms with Gasteiger partial charge in [-0.1, -0.05) is 6.92 Å². The molecule has 7 heteroatoms. The molecule has 122 valence electrons. The molecule has 1 N–H and O–H groups in total. The van der Waals surface area contributed by atoms with Crippen molar-refractivity contribution in [3.63, 3.8) is 0 Å². The quantitative estimate of drug-likeness (QED) is 0.914. The Kier molecular flexibility index (Phi) is 5.18. The highest BCUT2D eigenvalue weighted by Gasteiger charge is 2.23. The van der Waals surface area contributed by atoms with Gasteiger partial charge in [0.1, 0.15) is 5.82 Å². The number of halogens is 1. The van der Waals surface area contributed by atoms with Crippen molar-refractivity contribution in [2.75, 3.05) is 19.6 Å². The Morgan fingerprint density at radius 3 is 2.59 bits per heavy atom. The van der Waals surface area contributed by atoms with E-state index in [0.29, 0.717) is 24.6 Å². The highest BCUT2D eigenvalue weighted by Crippen LogP contribution is 2.17. The number of rotatable bonds is 4. The maximum Gasteiger partial charge on any atom is 0.241 e. The fraction of sp³-hybridized carbons (Fsp3) is 0.533. The predicted molar refractivity (Wildman–Crippen MR) is 81.3 cm³/mol. The molecule has 0 radical (unpaired) electrons. The largest absolute Gasteiger partial charge is 0.342 e. The number of likely N-dealkylation sites (tertiary alicyclic amines) is 1. The van der Waals surface area contributed by atoms with Gasteiger partial charge in [-0.15, -0.1) is 0 Å². The number of aryl methyl sites for hydroxylation is 1. The number of nitrogens with zero attached hydrogens (tertiary/aromatic N) is 1. The minimum Gasteiger partial charge on any atom is -0.342 e. The number of carbonyl (C=O) groups excluding carboxylic acids is 1. The summed E-state index contributed by atoms with van der Waals surface area (Å²) in [7, 11) is -3.82. The SMILES string of the molecule is Cc1cc(F)ccc1S(=O)(=O)NCC(=O)N1CCC(C)CC1. The maximum absolute atomic E-state index is 13.0. The number of nitrogens with one attached hydrogen (secondary N) is 1. The minimum absolute atomic E-state index is 0.00559. The Labute approximate surface area is 130 Å². The molecule has 0 aliphatic carbocycles. The molecule has 1 aliphatic rings. The molecule has 22 heavy (non-hydrogen) atoms. The van der Waals surface area contributed by atoms with Crippen molar-refractivity contribution in [3.05, 3.63) is 29.6 Å². The predicted octanol–water partition coefficient (Wildman–Crippen LogP) is 1.67. The van der Waals surface area contributed by atoms with Gasteiger partial charge in [0, 0.05) is 13.1 Å². The molecule has 1 amide bonds. The second-order valence-corrected chi connectivity index (χ2v) is 7.53. The second kappa shape index (κ2) is 6.75. The van der Waals surface area contributed by atoms with Crippen molar-refractivity contribution in [3.8, 4) is 0 Å². The first-order valence-corrected chi connectivity index (χ1v) is 8.81. The fourth-order valence-corrected chi connectivity index (χ4v) is 3.72. The van der Waals surface area contributed by atoms with E-state index in [1.807, 2.05) is 0 Å². The topological polar surface area (TPSA) is 66.5 Å². The Balaban J connectivity index is 1.99. The van der Waals surface area contributed by atoms with E-state index < -0.39 is 15.8 Å². The Morgan fingerprint density at radius 2 is 2.00 bits per heavy atom. The van der Waals surface area contributed by atoms with Crippen LogP contribution >= 0.6 is 0 Å². The van der Waals surface area contributed by atoms with Crippen LogP contribution in [0.15, 0.2) is 23.1 Å². The van der Waals surface area contributed by atoms with Crippen LogP contribution in [0.2, 0.25) is 0 Å². The highest BCUT2D eigenvalue weighted by atomic mass is 32.2. The Hall–Kier alpha value is -1.47. The van der Waals surface area contributed by atoms with Crippen LogP contribution in [0.1, 0.15) is 25.3 Å². The van der Waals surface area contributed by atoms with E-state index in [2.05, 4.69) is 11.6 Å². The number of hydrogen-bond donors (Lipinski definition) is 1. The van der Waals surface area contributed by atoms with Gasteiger partial charge in [-0.2, -0.15) is 0 Å². The molecule has 1 saturated heterocycles. The van der Waals surface area contributed by atoms with Crippen molar-refractivity contribution in [2.24, 2.45) is 5.92 Å². The van der Waals surface area contributed by atoms with Crippen molar-refractivity contribution in [2.45, 2.75) is 31.6 Å². The fourth-order valence-electron chi connectivity index (χ4n) is 2.52. The summed E-state index contributed by atoms with van der Waals surface area (Å²) in [6.07, 6.45) is 1.88. The number of benzene rings is 1. The molecule has 1 aromatic carbocycles. The number of carbonyl (C=O) groups is 1. The van der Waals surface area contributed by atoms with Crippen molar-refractivity contribution in [1.82, 2.24) is 9.62 Å². The summed E-state index contributed by atoms with van der Waals surface area (Å²) in [4.78, 5) is 13.7. The van der Waals surface area contributed by atoms with Gasteiger partial charge in [0.05, 0.1) is 11.4 Å². The Bertz CT molecular complexity index is 653. The first-order chi connectivity index (χ1) is 10.3. The lowest BCUT2D eigenvalue weighted by Gasteiger charge is -2.30. The van der Waals surface area contributed by atoms with Crippen molar-refractivity contribution in [1.29, 1.82) is 0 Å². The van der Waals surface area contributed by atoms with Crippen molar-refractivity contribution >= 4 is 15.9 Å². The lowest BCUT2D eigenvalue weighted by atomic mass is 9.99. The summed E-state index contributed by atoms with van der Waals surface area (Å²) < 4.78 is 39.7. The zero-order chi connectivity index (χ0) is 16.3. The molecule has 0 aromatic heterocycles. The van der Waals surface area contributed by atoms with Gasteiger partial charge in [0.15, 0.2) is 0 Å². The number of hydrogen-bond acceptors (Lipinski definition) is 3. The monoisotopic (exact) mass is 328 g/mol. The molecule has 0 spiro atoms. The van der Waals surface area contributed by atoms with Crippen LogP contribution in [0.25, 0.3) is 0 Å². The number of amides is 1. The van der Waals surface area contributed by atoms with E-state index in [4.69, 9.17) is 0 Å². The summed E-state index contributed by atoms with van der Waals surface area (Å²) >= 11 is 0. The van der Waals surface area contributed by atoms with Crippen LogP contribution in [0.4, 0.5) is 4.39 Å². The van der Waals surface area contributed by atoms with Gasteiger partial charge in [0.25, 0.3) is 0 Å². The molecule has 1 aromatic rings.